The molecule has 0 aromatic rings. The van der Waals surface area contributed by atoms with E-state index in [2.05, 4.69) is 0 Å². The van der Waals surface area contributed by atoms with Gasteiger partial charge in [-0.05, 0) is 0 Å². The van der Waals surface area contributed by atoms with Crippen LogP contribution in [0.25, 0.3) is 0 Å². The van der Waals surface area contributed by atoms with Gasteiger partial charge in [-0.2, -0.15) is 65.9 Å². The number of hydrogen-bond acceptors (Lipinski definition) is 0. The smallest absolute Gasteiger partial charge is 0.232 e. The topological polar surface area (TPSA) is 0 Å². The summed E-state index contributed by atoms with van der Waals surface area (Å²) in [6.45, 7) is 0. The van der Waals surface area contributed by atoms with Crippen LogP contribution in [0.2, 0.25) is 0 Å². The van der Waals surface area contributed by atoms with Crippen molar-refractivity contribution in [3.05, 3.63) is 11.1 Å². The summed E-state index contributed by atoms with van der Waals surface area (Å²) in [7, 11) is 0. The summed E-state index contributed by atoms with van der Waals surface area (Å²) in [5, 5.41) is 0. The molecule has 0 saturated carbocycles. The molecule has 0 aliphatic carbocycles. The maximum Gasteiger partial charge on any atom is 0.435 e. The Kier molecular flexibility index (Phi) is 5.96. The van der Waals surface area contributed by atoms with Gasteiger partial charge in [0.05, 0.1) is 0 Å². The summed E-state index contributed by atoms with van der Waals surface area (Å²) in [5.41, 5.74) is -18.5. The molecule has 0 spiro atoms. The third-order valence-corrected chi connectivity index (χ3v) is 2.53. The van der Waals surface area contributed by atoms with E-state index in [1.807, 2.05) is 0 Å². The summed E-state index contributed by atoms with van der Waals surface area (Å²) < 4.78 is 211. The first-order valence-corrected chi connectivity index (χ1v) is 5.32. The number of halogens is 17. The lowest BCUT2D eigenvalue weighted by Crippen LogP contribution is -2.59. The normalized spacial score (nSPS) is 16.5. The van der Waals surface area contributed by atoms with Gasteiger partial charge >= 0.3 is 36.6 Å². The number of alkyl halides is 17. The van der Waals surface area contributed by atoms with E-state index >= 15 is 0 Å². The van der Waals surface area contributed by atoms with Crippen LogP contribution in [-0.2, 0) is 0 Å². The molecule has 0 aromatic heterocycles. The van der Waals surface area contributed by atoms with E-state index in [-0.39, 0.29) is 0 Å². The molecule has 0 aromatic carbocycles. The summed E-state index contributed by atoms with van der Waals surface area (Å²) in [5.74, 6) is 0. The fourth-order valence-electron chi connectivity index (χ4n) is 1.57. The van der Waals surface area contributed by atoms with E-state index in [0.717, 1.165) is 0 Å². The molecule has 0 N–H and O–H groups in total. The van der Waals surface area contributed by atoms with E-state index < -0.39 is 53.9 Å². The first-order chi connectivity index (χ1) is 10.9. The molecule has 0 aliphatic rings. The largest absolute Gasteiger partial charge is 0.435 e. The lowest BCUT2D eigenvalue weighted by molar-refractivity contribution is -0.333. The van der Waals surface area contributed by atoms with Crippen LogP contribution in [0.1, 0.15) is 0 Å². The fourth-order valence-corrected chi connectivity index (χ4v) is 1.57. The Labute approximate surface area is 130 Å². The second-order valence-corrected chi connectivity index (χ2v) is 4.34. The minimum atomic E-state index is -7.95. The maximum absolute atomic E-state index is 13.5. The minimum Gasteiger partial charge on any atom is -0.232 e. The molecule has 0 aliphatic heterocycles. The Balaban J connectivity index is 7.60. The molecule has 0 nitrogen and oxygen atoms in total. The number of allylic oxidation sites excluding steroid dienone is 2. The summed E-state index contributed by atoms with van der Waals surface area (Å²) in [6, 6.07) is 0. The van der Waals surface area contributed by atoms with Crippen LogP contribution in [0, 0.1) is 0 Å². The van der Waals surface area contributed by atoms with Crippen LogP contribution in [0.15, 0.2) is 11.1 Å². The predicted octanol–water partition coefficient (Wildman–Crippen LogP) is 6.14. The van der Waals surface area contributed by atoms with Gasteiger partial charge in [-0.25, -0.2) is 8.78 Å². The molecular formula is C9HF17. The molecular weight excluding hydrogens is 431 g/mol. The molecule has 0 rings (SSSR count). The van der Waals surface area contributed by atoms with Gasteiger partial charge in [-0.1, -0.05) is 0 Å². The van der Waals surface area contributed by atoms with E-state index in [9.17, 15) is 74.6 Å². The van der Waals surface area contributed by atoms with Crippen LogP contribution in [-0.4, -0.2) is 42.7 Å². The maximum atomic E-state index is 13.5. The molecule has 0 bridgehead atoms. The first-order valence-electron chi connectivity index (χ1n) is 5.32. The quantitative estimate of drug-likeness (QED) is 0.363. The lowest BCUT2D eigenvalue weighted by Gasteiger charge is -2.36. The average molecular weight is 432 g/mol. The van der Waals surface area contributed by atoms with Gasteiger partial charge in [-0.15, -0.1) is 0 Å². The molecule has 1 atom stereocenters. The van der Waals surface area contributed by atoms with E-state index in [1.54, 1.807) is 0 Å². The van der Waals surface area contributed by atoms with Crippen molar-refractivity contribution in [3.8, 4) is 0 Å². The molecule has 1 unspecified atom stereocenters. The predicted molar refractivity (Wildman–Crippen MR) is 46.0 cm³/mol. The SMILES string of the molecule is FC(C(=C(C(F)(F)F)C(F)(F)F)C(F)(C(F)(F)F)C(F)(F)F)C(F)(F)F. The number of rotatable bonds is 2. The zero-order chi connectivity index (χ0) is 21.7. The van der Waals surface area contributed by atoms with Crippen molar-refractivity contribution in [1.29, 1.82) is 0 Å². The minimum absolute atomic E-state index is 5.26. The average Bonchev–Trinajstić information content (AvgIpc) is 2.26. The third kappa shape index (κ3) is 4.44. The standard InChI is InChI=1S/C9HF17/c10-3(7(18,19)20)1(2(5(12,13)14)6(15,16)17)4(11,8(21,22)23)9(24,25)26/h3H. The molecule has 0 heterocycles. The third-order valence-electron chi connectivity index (χ3n) is 2.53. The van der Waals surface area contributed by atoms with Gasteiger partial charge in [-0.3, -0.25) is 0 Å². The van der Waals surface area contributed by atoms with Crippen molar-refractivity contribution in [2.45, 2.75) is 42.7 Å². The Morgan fingerprint density at radius 3 is 0.923 bits per heavy atom. The van der Waals surface area contributed by atoms with Gasteiger partial charge in [0.25, 0.3) is 0 Å². The molecule has 17 heteroatoms. The first kappa shape index (κ1) is 24.6. The van der Waals surface area contributed by atoms with Crippen LogP contribution < -0.4 is 0 Å². The zero-order valence-corrected chi connectivity index (χ0v) is 11.0. The van der Waals surface area contributed by atoms with Gasteiger partial charge < -0.3 is 0 Å². The highest BCUT2D eigenvalue weighted by Gasteiger charge is 2.79. The zero-order valence-electron chi connectivity index (χ0n) is 11.0. The Morgan fingerprint density at radius 1 is 0.500 bits per heavy atom. The van der Waals surface area contributed by atoms with E-state index in [0.29, 0.717) is 0 Å². The van der Waals surface area contributed by atoms with E-state index in [4.69, 9.17) is 0 Å². The van der Waals surface area contributed by atoms with Gasteiger partial charge in [0.15, 0.2) is 0 Å². The fraction of sp³-hybridized carbons (Fsp3) is 0.778. The second-order valence-electron chi connectivity index (χ2n) is 4.34. The summed E-state index contributed by atoms with van der Waals surface area (Å²) >= 11 is 0. The second kappa shape index (κ2) is 6.31. The van der Waals surface area contributed by atoms with Crippen molar-refractivity contribution >= 4 is 0 Å². The van der Waals surface area contributed by atoms with Crippen LogP contribution >= 0.6 is 0 Å². The van der Waals surface area contributed by atoms with Gasteiger partial charge in [0, 0.05) is 5.57 Å². The lowest BCUT2D eigenvalue weighted by atomic mass is 9.85. The van der Waals surface area contributed by atoms with Gasteiger partial charge in [0.2, 0.25) is 6.17 Å². The monoisotopic (exact) mass is 432 g/mol. The molecule has 0 fully saturated rings. The molecule has 156 valence electrons. The summed E-state index contributed by atoms with van der Waals surface area (Å²) in [4.78, 5) is 0. The van der Waals surface area contributed by atoms with Crippen molar-refractivity contribution in [1.82, 2.24) is 0 Å². The van der Waals surface area contributed by atoms with Crippen LogP contribution in [0.4, 0.5) is 74.6 Å². The van der Waals surface area contributed by atoms with Crippen molar-refractivity contribution in [2.75, 3.05) is 0 Å². The van der Waals surface area contributed by atoms with Gasteiger partial charge in [0.1, 0.15) is 5.57 Å². The molecule has 0 amide bonds. The van der Waals surface area contributed by atoms with Crippen LogP contribution in [0.5, 0.6) is 0 Å². The highest BCUT2D eigenvalue weighted by atomic mass is 19.4. The Morgan fingerprint density at radius 2 is 0.769 bits per heavy atom. The molecule has 0 radical (unpaired) electrons. The van der Waals surface area contributed by atoms with Crippen molar-refractivity contribution in [3.63, 3.8) is 0 Å². The Hall–Kier alpha value is -1.45. The Bertz CT molecular complexity index is 501. The van der Waals surface area contributed by atoms with Crippen molar-refractivity contribution < 1.29 is 74.6 Å². The number of hydrogen-bond donors (Lipinski definition) is 0. The highest BCUT2D eigenvalue weighted by molar-refractivity contribution is 5.38. The van der Waals surface area contributed by atoms with Crippen LogP contribution in [0.3, 0.4) is 0 Å². The highest BCUT2D eigenvalue weighted by Crippen LogP contribution is 2.57. The molecule has 26 heavy (non-hydrogen) atoms. The summed E-state index contributed by atoms with van der Waals surface area (Å²) in [6.07, 6.45) is -44.1. The van der Waals surface area contributed by atoms with E-state index in [1.165, 1.54) is 0 Å². The molecule has 0 saturated heterocycles. The van der Waals surface area contributed by atoms with Crippen molar-refractivity contribution in [2.24, 2.45) is 0 Å².